The molecule has 0 saturated carbocycles. The monoisotopic (exact) mass is 649 g/mol. The number of nitrogens with one attached hydrogen (secondary N) is 3. The number of aromatic nitrogens is 4. The van der Waals surface area contributed by atoms with Crippen molar-refractivity contribution in [2.45, 2.75) is 57.8 Å². The molecule has 12 nitrogen and oxygen atoms in total. The second kappa shape index (κ2) is 12.8. The zero-order valence-electron chi connectivity index (χ0n) is 27.7. The Morgan fingerprint density at radius 1 is 1.02 bits per heavy atom. The van der Waals surface area contributed by atoms with Crippen LogP contribution in [0.3, 0.4) is 0 Å². The molecule has 12 heteroatoms. The number of carbonyl (C=O) groups excluding carboxylic acids is 1. The fourth-order valence-corrected chi connectivity index (χ4v) is 7.73. The fourth-order valence-electron chi connectivity index (χ4n) is 7.73. The van der Waals surface area contributed by atoms with Gasteiger partial charge in [0, 0.05) is 81.6 Å². The third kappa shape index (κ3) is 5.78. The molecule has 0 aromatic carbocycles. The summed E-state index contributed by atoms with van der Waals surface area (Å²) in [5.74, 6) is 0.983. The van der Waals surface area contributed by atoms with Crippen molar-refractivity contribution in [2.75, 3.05) is 54.9 Å². The minimum atomic E-state index is -0.157. The predicted molar refractivity (Wildman–Crippen MR) is 186 cm³/mol. The Bertz CT molecular complexity index is 1900. The van der Waals surface area contributed by atoms with Crippen LogP contribution in [0.15, 0.2) is 53.7 Å². The van der Waals surface area contributed by atoms with Crippen LogP contribution in [0.1, 0.15) is 47.1 Å². The molecule has 48 heavy (non-hydrogen) atoms. The van der Waals surface area contributed by atoms with Gasteiger partial charge in [-0.05, 0) is 74.1 Å². The average molecular weight is 650 g/mol. The van der Waals surface area contributed by atoms with Crippen molar-refractivity contribution >= 4 is 28.9 Å². The Kier molecular flexibility index (Phi) is 8.23. The van der Waals surface area contributed by atoms with Crippen LogP contribution < -0.4 is 26.4 Å². The van der Waals surface area contributed by atoms with Crippen molar-refractivity contribution in [2.24, 2.45) is 7.05 Å². The van der Waals surface area contributed by atoms with Gasteiger partial charge in [0.15, 0.2) is 0 Å². The number of pyridine rings is 3. The maximum Gasteiger partial charge on any atom is 0.274 e. The minimum Gasteiger partial charge on any atom is -0.378 e. The maximum atomic E-state index is 13.6. The van der Waals surface area contributed by atoms with Crippen LogP contribution in [-0.4, -0.2) is 81.4 Å². The first-order chi connectivity index (χ1) is 23.4. The van der Waals surface area contributed by atoms with Gasteiger partial charge in [-0.25, -0.2) is 9.97 Å². The SMILES string of the molecule is CC1CN(c2ccc(Nc3cc(-c4ccnc5c4CNCCn4c(cc6c4CCCC6)C(=O)N5)cn(C)c3=O)nc2)CCN1C1COC1. The Morgan fingerprint density at radius 3 is 2.69 bits per heavy atom. The molecule has 1 atom stereocenters. The molecule has 0 spiro atoms. The first-order valence-electron chi connectivity index (χ1n) is 17.2. The zero-order chi connectivity index (χ0) is 32.8. The number of aryl methyl sites for hydroxylation is 2. The van der Waals surface area contributed by atoms with Gasteiger partial charge in [-0.15, -0.1) is 0 Å². The summed E-state index contributed by atoms with van der Waals surface area (Å²) in [6.07, 6.45) is 9.77. The quantitative estimate of drug-likeness (QED) is 0.298. The predicted octanol–water partition coefficient (Wildman–Crippen LogP) is 3.53. The number of carbonyl (C=O) groups is 1. The summed E-state index contributed by atoms with van der Waals surface area (Å²) in [6.45, 7) is 8.80. The molecular weight excluding hydrogens is 606 g/mol. The van der Waals surface area contributed by atoms with Gasteiger partial charge in [0.1, 0.15) is 23.0 Å². The van der Waals surface area contributed by atoms with Crippen molar-refractivity contribution in [1.29, 1.82) is 0 Å². The number of hydrogen-bond donors (Lipinski definition) is 3. The second-order valence-corrected chi connectivity index (χ2v) is 13.5. The smallest absolute Gasteiger partial charge is 0.274 e. The van der Waals surface area contributed by atoms with E-state index in [1.165, 1.54) is 11.3 Å². The van der Waals surface area contributed by atoms with E-state index in [0.717, 1.165) is 94.0 Å². The molecule has 3 aliphatic heterocycles. The minimum absolute atomic E-state index is 0.140. The van der Waals surface area contributed by atoms with Crippen molar-refractivity contribution in [3.63, 3.8) is 0 Å². The van der Waals surface area contributed by atoms with Crippen LogP contribution in [0.5, 0.6) is 0 Å². The molecule has 4 aromatic heterocycles. The summed E-state index contributed by atoms with van der Waals surface area (Å²) in [6, 6.07) is 10.8. The molecule has 2 saturated heterocycles. The molecule has 3 N–H and O–H groups in total. The van der Waals surface area contributed by atoms with E-state index in [1.807, 2.05) is 30.6 Å². The Hall–Kier alpha value is -4.52. The van der Waals surface area contributed by atoms with Crippen LogP contribution in [0.4, 0.5) is 23.0 Å². The molecule has 1 aliphatic carbocycles. The van der Waals surface area contributed by atoms with Gasteiger partial charge in [0.25, 0.3) is 11.5 Å². The van der Waals surface area contributed by atoms with E-state index in [4.69, 9.17) is 4.74 Å². The summed E-state index contributed by atoms with van der Waals surface area (Å²) in [4.78, 5) is 41.2. The van der Waals surface area contributed by atoms with Gasteiger partial charge in [0.2, 0.25) is 0 Å². The van der Waals surface area contributed by atoms with Crippen molar-refractivity contribution in [3.8, 4) is 11.1 Å². The first-order valence-corrected chi connectivity index (χ1v) is 17.2. The Morgan fingerprint density at radius 2 is 1.90 bits per heavy atom. The van der Waals surface area contributed by atoms with Crippen molar-refractivity contribution in [1.82, 2.24) is 29.3 Å². The van der Waals surface area contributed by atoms with E-state index in [2.05, 4.69) is 59.3 Å². The highest BCUT2D eigenvalue weighted by Gasteiger charge is 2.33. The topological polar surface area (TPSA) is 122 Å². The number of amides is 1. The third-order valence-corrected chi connectivity index (χ3v) is 10.4. The summed E-state index contributed by atoms with van der Waals surface area (Å²) in [7, 11) is 1.75. The molecular formula is C36H43N9O3. The number of fused-ring (bicyclic) bond motifs is 4. The van der Waals surface area contributed by atoms with Gasteiger partial charge < -0.3 is 34.7 Å². The molecule has 250 valence electrons. The lowest BCUT2D eigenvalue weighted by Gasteiger charge is -2.47. The number of hydrogen-bond acceptors (Lipinski definition) is 9. The number of ether oxygens (including phenoxy) is 1. The van der Waals surface area contributed by atoms with Crippen LogP contribution >= 0.6 is 0 Å². The molecule has 4 aromatic rings. The normalized spacial score (nSPS) is 20.2. The zero-order valence-corrected chi connectivity index (χ0v) is 27.7. The van der Waals surface area contributed by atoms with Gasteiger partial charge in [-0.3, -0.25) is 14.5 Å². The van der Waals surface area contributed by atoms with Crippen LogP contribution in [0, 0.1) is 0 Å². The lowest BCUT2D eigenvalue weighted by molar-refractivity contribution is -0.0792. The molecule has 1 unspecified atom stereocenters. The molecule has 0 bridgehead atoms. The Labute approximate surface area is 280 Å². The van der Waals surface area contributed by atoms with E-state index < -0.39 is 0 Å². The molecule has 4 aliphatic rings. The van der Waals surface area contributed by atoms with Crippen LogP contribution in [0.2, 0.25) is 0 Å². The third-order valence-electron chi connectivity index (χ3n) is 10.4. The highest BCUT2D eigenvalue weighted by atomic mass is 16.5. The van der Waals surface area contributed by atoms with E-state index in [0.29, 0.717) is 41.6 Å². The van der Waals surface area contributed by atoms with Crippen LogP contribution in [0.25, 0.3) is 11.1 Å². The standard InChI is InChI=1S/C36H43N9O3/c1-23-19-43(13-14-44(23)27-21-48-22-27)26-7-8-33(39-17-26)40-30-15-25(20-42(2)36(30)47)28-9-10-38-34-29(28)18-37-11-12-45-31-6-4-3-5-24(31)16-32(45)35(46)41-34/h7-10,15-17,20,23,27,37H,3-6,11-14,18-19,21-22H2,1-2H3,(H,39,40)(H,38,41,46). The largest absolute Gasteiger partial charge is 0.378 e. The molecule has 0 radical (unpaired) electrons. The van der Waals surface area contributed by atoms with E-state index >= 15 is 0 Å². The molecule has 2 fully saturated rings. The van der Waals surface area contributed by atoms with Gasteiger partial charge >= 0.3 is 0 Å². The average Bonchev–Trinajstić information content (AvgIpc) is 3.44. The summed E-state index contributed by atoms with van der Waals surface area (Å²) >= 11 is 0. The lowest BCUT2D eigenvalue weighted by atomic mass is 9.98. The van der Waals surface area contributed by atoms with Gasteiger partial charge in [-0.1, -0.05) is 0 Å². The maximum absolute atomic E-state index is 13.6. The number of piperazine rings is 1. The summed E-state index contributed by atoms with van der Waals surface area (Å²) in [5.41, 5.74) is 7.22. The van der Waals surface area contributed by atoms with Crippen molar-refractivity contribution in [3.05, 3.63) is 81.8 Å². The second-order valence-electron chi connectivity index (χ2n) is 13.5. The lowest BCUT2D eigenvalue weighted by Crippen LogP contribution is -2.60. The number of nitrogens with zero attached hydrogens (tertiary/aromatic N) is 6. The van der Waals surface area contributed by atoms with Gasteiger partial charge in [0.05, 0.1) is 31.1 Å². The van der Waals surface area contributed by atoms with E-state index in [-0.39, 0.29) is 11.5 Å². The number of anilines is 4. The highest BCUT2D eigenvalue weighted by molar-refractivity contribution is 6.04. The fraction of sp³-hybridized carbons (Fsp3) is 0.444. The van der Waals surface area contributed by atoms with Crippen molar-refractivity contribution < 1.29 is 9.53 Å². The van der Waals surface area contributed by atoms with Gasteiger partial charge in [-0.2, -0.15) is 0 Å². The molecule has 7 heterocycles. The van der Waals surface area contributed by atoms with Crippen LogP contribution in [-0.2, 0) is 37.7 Å². The number of rotatable bonds is 5. The molecule has 1 amide bonds. The van der Waals surface area contributed by atoms with E-state index in [1.54, 1.807) is 17.8 Å². The summed E-state index contributed by atoms with van der Waals surface area (Å²) < 4.78 is 9.17. The Balaban J connectivity index is 1.03. The van der Waals surface area contributed by atoms with E-state index in [9.17, 15) is 9.59 Å². The molecule has 8 rings (SSSR count). The highest BCUT2D eigenvalue weighted by Crippen LogP contribution is 2.32. The summed E-state index contributed by atoms with van der Waals surface area (Å²) in [5, 5.41) is 9.97. The first kappa shape index (κ1) is 30.8.